The third-order valence-corrected chi connectivity index (χ3v) is 6.48. The van der Waals surface area contributed by atoms with Crippen molar-refractivity contribution in [1.29, 1.82) is 0 Å². The molecule has 4 bridgehead atoms. The highest BCUT2D eigenvalue weighted by Crippen LogP contribution is 2.57. The normalized spacial score (nSPS) is 49.6. The van der Waals surface area contributed by atoms with Crippen LogP contribution in [0, 0.1) is 35.5 Å². The van der Waals surface area contributed by atoms with Crippen molar-refractivity contribution in [3.8, 4) is 0 Å². The summed E-state index contributed by atoms with van der Waals surface area (Å²) in [5.41, 5.74) is 6.28. The Kier molecular flexibility index (Phi) is 2.54. The highest BCUT2D eigenvalue weighted by Gasteiger charge is 2.47. The Bertz CT molecular complexity index is 266. The Balaban J connectivity index is 1.37. The minimum Gasteiger partial charge on any atom is -0.327 e. The molecule has 0 aromatic heterocycles. The van der Waals surface area contributed by atoms with Crippen LogP contribution in [0.1, 0.15) is 57.8 Å². The van der Waals surface area contributed by atoms with E-state index in [2.05, 4.69) is 0 Å². The molecule has 5 aliphatic carbocycles. The Hall–Kier alpha value is -0.0400. The Labute approximate surface area is 106 Å². The summed E-state index contributed by atoms with van der Waals surface area (Å²) in [6, 6.07) is 0.548. The Morgan fingerprint density at radius 2 is 1.47 bits per heavy atom. The minimum atomic E-state index is 0.548. The second-order valence-corrected chi connectivity index (χ2v) is 7.67. The molecule has 5 saturated carbocycles. The second-order valence-electron chi connectivity index (χ2n) is 7.67. The summed E-state index contributed by atoms with van der Waals surface area (Å²) in [5.74, 6) is 6.46. The van der Waals surface area contributed by atoms with Crippen molar-refractivity contribution in [3.63, 3.8) is 0 Å². The summed E-state index contributed by atoms with van der Waals surface area (Å²) >= 11 is 0. The average Bonchev–Trinajstić information content (AvgIpc) is 3.10. The van der Waals surface area contributed by atoms with Gasteiger partial charge in [0.1, 0.15) is 0 Å². The molecule has 0 spiro atoms. The minimum absolute atomic E-state index is 0.548. The van der Waals surface area contributed by atoms with E-state index in [0.717, 1.165) is 35.5 Å². The van der Waals surface area contributed by atoms with Gasteiger partial charge >= 0.3 is 0 Å². The van der Waals surface area contributed by atoms with Gasteiger partial charge in [-0.15, -0.1) is 0 Å². The molecule has 1 unspecified atom stereocenters. The third-order valence-electron chi connectivity index (χ3n) is 6.48. The molecule has 96 valence electrons. The molecular weight excluding hydrogens is 206 g/mol. The maximum Gasteiger partial charge on any atom is 0.00672 e. The molecule has 5 rings (SSSR count). The summed E-state index contributed by atoms with van der Waals surface area (Å²) in [4.78, 5) is 0. The summed E-state index contributed by atoms with van der Waals surface area (Å²) < 4.78 is 0. The summed E-state index contributed by atoms with van der Waals surface area (Å²) in [7, 11) is 0. The van der Waals surface area contributed by atoms with E-state index in [9.17, 15) is 0 Å². The lowest BCUT2D eigenvalue weighted by molar-refractivity contribution is -0.0409. The van der Waals surface area contributed by atoms with Gasteiger partial charge in [0, 0.05) is 6.04 Å². The Morgan fingerprint density at radius 3 is 2.00 bits per heavy atom. The van der Waals surface area contributed by atoms with Gasteiger partial charge in [0.2, 0.25) is 0 Å². The molecule has 0 heterocycles. The molecule has 0 aliphatic heterocycles. The largest absolute Gasteiger partial charge is 0.327 e. The van der Waals surface area contributed by atoms with Gasteiger partial charge in [-0.25, -0.2) is 0 Å². The van der Waals surface area contributed by atoms with Crippen LogP contribution in [-0.4, -0.2) is 6.04 Å². The van der Waals surface area contributed by atoms with Crippen molar-refractivity contribution < 1.29 is 0 Å². The molecule has 0 amide bonds. The lowest BCUT2D eigenvalue weighted by Gasteiger charge is -2.54. The van der Waals surface area contributed by atoms with E-state index in [-0.39, 0.29) is 0 Å². The van der Waals surface area contributed by atoms with Crippen molar-refractivity contribution in [2.45, 2.75) is 63.8 Å². The molecule has 0 aromatic rings. The molecule has 17 heavy (non-hydrogen) atoms. The summed E-state index contributed by atoms with van der Waals surface area (Å²) in [5, 5.41) is 0. The van der Waals surface area contributed by atoms with Crippen LogP contribution in [0.4, 0.5) is 0 Å². The van der Waals surface area contributed by atoms with Gasteiger partial charge in [0.25, 0.3) is 0 Å². The molecule has 2 N–H and O–H groups in total. The van der Waals surface area contributed by atoms with Crippen molar-refractivity contribution in [2.75, 3.05) is 0 Å². The predicted molar refractivity (Wildman–Crippen MR) is 70.5 cm³/mol. The van der Waals surface area contributed by atoms with Crippen LogP contribution in [0.2, 0.25) is 0 Å². The van der Waals surface area contributed by atoms with Crippen LogP contribution in [0.5, 0.6) is 0 Å². The van der Waals surface area contributed by atoms with Gasteiger partial charge in [-0.3, -0.25) is 0 Å². The molecule has 1 atom stereocenters. The summed E-state index contributed by atoms with van der Waals surface area (Å²) in [6.07, 6.45) is 13.5. The monoisotopic (exact) mass is 233 g/mol. The molecule has 5 aliphatic rings. The lowest BCUT2D eigenvalue weighted by atomic mass is 9.51. The highest BCUT2D eigenvalue weighted by atomic mass is 14.7. The standard InChI is InChI=1S/C16H27N/c17-16(12-1-2-12)4-3-15-13-6-10-5-11(8-13)9-14(15)7-10/h10-16H,1-9,17H2. The predicted octanol–water partition coefficient (Wildman–Crippen LogP) is 3.58. The smallest absolute Gasteiger partial charge is 0.00672 e. The fraction of sp³-hybridized carbons (Fsp3) is 1.00. The van der Waals surface area contributed by atoms with Gasteiger partial charge in [-0.1, -0.05) is 0 Å². The quantitative estimate of drug-likeness (QED) is 0.789. The molecule has 0 aromatic carbocycles. The first kappa shape index (κ1) is 10.8. The molecule has 1 nitrogen and oxygen atoms in total. The maximum atomic E-state index is 6.28. The zero-order chi connectivity index (χ0) is 11.4. The Morgan fingerprint density at radius 1 is 0.882 bits per heavy atom. The van der Waals surface area contributed by atoms with Gasteiger partial charge in [0.05, 0.1) is 0 Å². The fourth-order valence-electron chi connectivity index (χ4n) is 5.65. The topological polar surface area (TPSA) is 26.0 Å². The zero-order valence-corrected chi connectivity index (χ0v) is 11.0. The first-order valence-electron chi connectivity index (χ1n) is 8.05. The van der Waals surface area contributed by atoms with Gasteiger partial charge in [-0.05, 0) is 93.3 Å². The van der Waals surface area contributed by atoms with Crippen LogP contribution in [0.3, 0.4) is 0 Å². The lowest BCUT2D eigenvalue weighted by Crippen LogP contribution is -2.45. The van der Waals surface area contributed by atoms with Crippen LogP contribution in [-0.2, 0) is 0 Å². The number of hydrogen-bond acceptors (Lipinski definition) is 1. The molecular formula is C16H27N. The number of nitrogens with two attached hydrogens (primary N) is 1. The fourth-order valence-corrected chi connectivity index (χ4v) is 5.65. The second kappa shape index (κ2) is 3.98. The summed E-state index contributed by atoms with van der Waals surface area (Å²) in [6.45, 7) is 0. The SMILES string of the molecule is NC(CCC1C2CC3CC(C2)CC1C3)C1CC1. The van der Waals surface area contributed by atoms with E-state index in [4.69, 9.17) is 5.73 Å². The van der Waals surface area contributed by atoms with E-state index in [1.54, 1.807) is 32.1 Å². The molecule has 0 saturated heterocycles. The van der Waals surface area contributed by atoms with E-state index < -0.39 is 0 Å². The van der Waals surface area contributed by atoms with E-state index in [1.807, 2.05) is 0 Å². The van der Waals surface area contributed by atoms with Gasteiger partial charge in [-0.2, -0.15) is 0 Å². The van der Waals surface area contributed by atoms with Crippen molar-refractivity contribution in [2.24, 2.45) is 41.2 Å². The first-order chi connectivity index (χ1) is 8.29. The van der Waals surface area contributed by atoms with Crippen LogP contribution >= 0.6 is 0 Å². The van der Waals surface area contributed by atoms with Crippen molar-refractivity contribution in [3.05, 3.63) is 0 Å². The molecule has 0 radical (unpaired) electrons. The van der Waals surface area contributed by atoms with E-state index >= 15 is 0 Å². The number of hydrogen-bond donors (Lipinski definition) is 1. The highest BCUT2D eigenvalue weighted by molar-refractivity contribution is 4.98. The van der Waals surface area contributed by atoms with Crippen LogP contribution in [0.15, 0.2) is 0 Å². The zero-order valence-electron chi connectivity index (χ0n) is 11.0. The maximum absolute atomic E-state index is 6.28. The molecule has 5 fully saturated rings. The van der Waals surface area contributed by atoms with Crippen molar-refractivity contribution in [1.82, 2.24) is 0 Å². The third kappa shape index (κ3) is 1.95. The molecule has 1 heteroatoms. The van der Waals surface area contributed by atoms with Crippen LogP contribution in [0.25, 0.3) is 0 Å². The van der Waals surface area contributed by atoms with Gasteiger partial charge in [0.15, 0.2) is 0 Å². The van der Waals surface area contributed by atoms with Crippen LogP contribution < -0.4 is 5.73 Å². The van der Waals surface area contributed by atoms with Crippen molar-refractivity contribution >= 4 is 0 Å². The van der Waals surface area contributed by atoms with Gasteiger partial charge < -0.3 is 5.73 Å². The first-order valence-corrected chi connectivity index (χ1v) is 8.05. The number of rotatable bonds is 4. The van der Waals surface area contributed by atoms with E-state index in [0.29, 0.717) is 6.04 Å². The average molecular weight is 233 g/mol. The van der Waals surface area contributed by atoms with E-state index in [1.165, 1.54) is 25.7 Å².